The normalized spacial score (nSPS) is 16.8. The zero-order valence-electron chi connectivity index (χ0n) is 16.4. The second kappa shape index (κ2) is 8.41. The van der Waals surface area contributed by atoms with Crippen molar-refractivity contribution in [3.05, 3.63) is 53.8 Å². The van der Waals surface area contributed by atoms with Gasteiger partial charge in [0.2, 0.25) is 0 Å². The fraction of sp³-hybridized carbons (Fsp3) is 0.333. The number of anilines is 1. The standard InChI is InChI=1S/C21H21FN2O4S2/c1-2-30(26,27)16-8-3-6-14(12-16)20(25)24(13-15-7-5-11-28-15)21-23-19-17(22)9-4-10-18(19)29-21/h3-4,6,8-10,12,15H,2,5,7,11,13H2,1H3. The van der Waals surface area contributed by atoms with Gasteiger partial charge >= 0.3 is 0 Å². The van der Waals surface area contributed by atoms with Crippen LogP contribution in [0.25, 0.3) is 10.2 Å². The number of ether oxygens (including phenoxy) is 1. The summed E-state index contributed by atoms with van der Waals surface area (Å²) in [6.07, 6.45) is 1.58. The Bertz CT molecular complexity index is 1190. The van der Waals surface area contributed by atoms with Crippen LogP contribution in [0.3, 0.4) is 0 Å². The van der Waals surface area contributed by atoms with Gasteiger partial charge in [0.15, 0.2) is 15.0 Å². The van der Waals surface area contributed by atoms with Gasteiger partial charge in [0.1, 0.15) is 11.3 Å². The summed E-state index contributed by atoms with van der Waals surface area (Å²) in [4.78, 5) is 19.3. The van der Waals surface area contributed by atoms with Crippen molar-refractivity contribution in [1.29, 1.82) is 0 Å². The number of benzene rings is 2. The summed E-state index contributed by atoms with van der Waals surface area (Å²) >= 11 is 1.22. The first-order chi connectivity index (χ1) is 14.4. The second-order valence-electron chi connectivity index (χ2n) is 7.07. The Kier molecular flexibility index (Phi) is 5.86. The molecule has 1 aliphatic rings. The molecule has 158 valence electrons. The van der Waals surface area contributed by atoms with Crippen molar-refractivity contribution in [3.8, 4) is 0 Å². The molecular weight excluding hydrogens is 427 g/mol. The smallest absolute Gasteiger partial charge is 0.260 e. The monoisotopic (exact) mass is 448 g/mol. The number of fused-ring (bicyclic) bond motifs is 1. The van der Waals surface area contributed by atoms with E-state index < -0.39 is 21.6 Å². The maximum absolute atomic E-state index is 14.2. The molecule has 0 saturated carbocycles. The molecule has 9 heteroatoms. The molecule has 3 aromatic rings. The molecule has 1 saturated heterocycles. The van der Waals surface area contributed by atoms with Gasteiger partial charge in [-0.15, -0.1) is 0 Å². The summed E-state index contributed by atoms with van der Waals surface area (Å²) in [6, 6.07) is 10.7. The summed E-state index contributed by atoms with van der Waals surface area (Å²) in [7, 11) is -3.45. The highest BCUT2D eigenvalue weighted by Crippen LogP contribution is 2.32. The molecule has 2 heterocycles. The Morgan fingerprint density at radius 3 is 2.80 bits per heavy atom. The van der Waals surface area contributed by atoms with Crippen LogP contribution in [-0.4, -0.2) is 44.3 Å². The minimum absolute atomic E-state index is 0.0541. The lowest BCUT2D eigenvalue weighted by Gasteiger charge is -2.23. The van der Waals surface area contributed by atoms with E-state index in [1.807, 2.05) is 0 Å². The van der Waals surface area contributed by atoms with E-state index in [4.69, 9.17) is 4.74 Å². The maximum Gasteiger partial charge on any atom is 0.260 e. The van der Waals surface area contributed by atoms with Gasteiger partial charge in [0.25, 0.3) is 5.91 Å². The highest BCUT2D eigenvalue weighted by molar-refractivity contribution is 7.91. The first-order valence-electron chi connectivity index (χ1n) is 9.70. The summed E-state index contributed by atoms with van der Waals surface area (Å²) in [6.45, 7) is 2.46. The summed E-state index contributed by atoms with van der Waals surface area (Å²) < 4.78 is 45.0. The topological polar surface area (TPSA) is 76.6 Å². The fourth-order valence-electron chi connectivity index (χ4n) is 3.40. The van der Waals surface area contributed by atoms with Crippen molar-refractivity contribution in [1.82, 2.24) is 4.98 Å². The Hall–Kier alpha value is -2.36. The lowest BCUT2D eigenvalue weighted by Crippen LogP contribution is -2.37. The first-order valence-corrected chi connectivity index (χ1v) is 12.2. The number of nitrogens with zero attached hydrogens (tertiary/aromatic N) is 2. The lowest BCUT2D eigenvalue weighted by molar-refractivity contribution is 0.0917. The van der Waals surface area contributed by atoms with E-state index in [1.54, 1.807) is 31.2 Å². The largest absolute Gasteiger partial charge is 0.376 e. The van der Waals surface area contributed by atoms with E-state index in [0.29, 0.717) is 16.4 Å². The number of hydrogen-bond donors (Lipinski definition) is 0. The molecule has 6 nitrogen and oxygen atoms in total. The van der Waals surface area contributed by atoms with Crippen LogP contribution in [0.2, 0.25) is 0 Å². The molecule has 0 spiro atoms. The van der Waals surface area contributed by atoms with Gasteiger partial charge in [0, 0.05) is 12.2 Å². The average molecular weight is 449 g/mol. The number of para-hydroxylation sites is 1. The van der Waals surface area contributed by atoms with Crippen molar-refractivity contribution in [2.45, 2.75) is 30.8 Å². The molecule has 1 aromatic heterocycles. The van der Waals surface area contributed by atoms with Crippen molar-refractivity contribution >= 4 is 42.4 Å². The van der Waals surface area contributed by atoms with Crippen molar-refractivity contribution in [2.75, 3.05) is 23.8 Å². The summed E-state index contributed by atoms with van der Waals surface area (Å²) in [5.41, 5.74) is 0.451. The number of carbonyl (C=O) groups is 1. The molecule has 1 aliphatic heterocycles. The highest BCUT2D eigenvalue weighted by atomic mass is 32.2. The molecule has 1 unspecified atom stereocenters. The zero-order valence-corrected chi connectivity index (χ0v) is 18.0. The lowest BCUT2D eigenvalue weighted by atomic mass is 10.2. The average Bonchev–Trinajstić information content (AvgIpc) is 3.42. The summed E-state index contributed by atoms with van der Waals surface area (Å²) in [5, 5.41) is 0.361. The number of carbonyl (C=O) groups excluding carboxylic acids is 1. The number of sulfone groups is 1. The van der Waals surface area contributed by atoms with Crippen molar-refractivity contribution < 1.29 is 22.3 Å². The highest BCUT2D eigenvalue weighted by Gasteiger charge is 2.28. The molecule has 0 N–H and O–H groups in total. The number of thiazole rings is 1. The molecule has 0 bridgehead atoms. The number of amides is 1. The molecule has 1 atom stereocenters. The van der Waals surface area contributed by atoms with Gasteiger partial charge < -0.3 is 4.74 Å². The Labute approximate surface area is 178 Å². The molecule has 1 fully saturated rings. The Morgan fingerprint density at radius 2 is 2.10 bits per heavy atom. The van der Waals surface area contributed by atoms with Crippen LogP contribution in [0.5, 0.6) is 0 Å². The summed E-state index contributed by atoms with van der Waals surface area (Å²) in [5.74, 6) is -0.893. The Balaban J connectivity index is 1.74. The van der Waals surface area contributed by atoms with Crippen LogP contribution in [-0.2, 0) is 14.6 Å². The van der Waals surface area contributed by atoms with Gasteiger partial charge in [0.05, 0.1) is 28.0 Å². The van der Waals surface area contributed by atoms with E-state index in [9.17, 15) is 17.6 Å². The third-order valence-corrected chi connectivity index (χ3v) is 7.84. The molecular formula is C21H21FN2O4S2. The van der Waals surface area contributed by atoms with Crippen LogP contribution in [0, 0.1) is 5.82 Å². The van der Waals surface area contributed by atoms with Crippen LogP contribution in [0.4, 0.5) is 9.52 Å². The van der Waals surface area contributed by atoms with Gasteiger partial charge in [-0.05, 0) is 43.2 Å². The predicted molar refractivity (Wildman–Crippen MR) is 114 cm³/mol. The van der Waals surface area contributed by atoms with Gasteiger partial charge in [-0.2, -0.15) is 0 Å². The minimum atomic E-state index is -3.45. The number of halogens is 1. The van der Waals surface area contributed by atoms with E-state index >= 15 is 0 Å². The van der Waals surface area contributed by atoms with Crippen LogP contribution in [0.15, 0.2) is 47.4 Å². The third kappa shape index (κ3) is 4.10. The van der Waals surface area contributed by atoms with Crippen LogP contribution >= 0.6 is 11.3 Å². The predicted octanol–water partition coefficient (Wildman–Crippen LogP) is 4.05. The fourth-order valence-corrected chi connectivity index (χ4v) is 5.32. The molecule has 30 heavy (non-hydrogen) atoms. The van der Waals surface area contributed by atoms with E-state index in [1.165, 1.54) is 34.4 Å². The Morgan fingerprint density at radius 1 is 1.30 bits per heavy atom. The number of rotatable bonds is 6. The van der Waals surface area contributed by atoms with Gasteiger partial charge in [-0.3, -0.25) is 9.69 Å². The first kappa shape index (κ1) is 20.9. The molecule has 0 radical (unpaired) electrons. The molecule has 2 aromatic carbocycles. The zero-order chi connectivity index (χ0) is 21.3. The van der Waals surface area contributed by atoms with Gasteiger partial charge in [-0.1, -0.05) is 30.4 Å². The SMILES string of the molecule is CCS(=O)(=O)c1cccc(C(=O)N(CC2CCCO2)c2nc3c(F)cccc3s2)c1. The quantitative estimate of drug-likeness (QED) is 0.569. The molecule has 0 aliphatic carbocycles. The van der Waals surface area contributed by atoms with E-state index in [0.717, 1.165) is 12.8 Å². The van der Waals surface area contributed by atoms with Crippen molar-refractivity contribution in [3.63, 3.8) is 0 Å². The van der Waals surface area contributed by atoms with Crippen LogP contribution in [0.1, 0.15) is 30.1 Å². The van der Waals surface area contributed by atoms with Crippen LogP contribution < -0.4 is 4.90 Å². The van der Waals surface area contributed by atoms with E-state index in [2.05, 4.69) is 4.98 Å². The van der Waals surface area contributed by atoms with Crippen molar-refractivity contribution in [2.24, 2.45) is 0 Å². The second-order valence-corrected chi connectivity index (χ2v) is 10.4. The minimum Gasteiger partial charge on any atom is -0.376 e. The van der Waals surface area contributed by atoms with E-state index in [-0.39, 0.29) is 34.4 Å². The third-order valence-electron chi connectivity index (χ3n) is 5.06. The molecule has 4 rings (SSSR count). The number of hydrogen-bond acceptors (Lipinski definition) is 6. The number of aromatic nitrogens is 1. The maximum atomic E-state index is 14.2. The van der Waals surface area contributed by atoms with Gasteiger partial charge in [-0.25, -0.2) is 17.8 Å². The molecule has 1 amide bonds.